The van der Waals surface area contributed by atoms with Gasteiger partial charge in [-0.3, -0.25) is 0 Å². The first-order valence-corrected chi connectivity index (χ1v) is 7.07. The molecule has 3 nitrogen and oxygen atoms in total. The first kappa shape index (κ1) is 12.6. The lowest BCUT2D eigenvalue weighted by Gasteiger charge is -2.14. The van der Waals surface area contributed by atoms with Crippen molar-refractivity contribution in [3.8, 4) is 5.75 Å². The number of likely N-dealkylation sites (tertiary alicyclic amines) is 1. The molecule has 0 spiro atoms. The number of hydrogen-bond acceptors (Lipinski definition) is 4. The molecule has 0 atom stereocenters. The maximum absolute atomic E-state index is 5.73. The summed E-state index contributed by atoms with van der Waals surface area (Å²) in [6, 6.07) is 5.86. The molecule has 94 valence electrons. The van der Waals surface area contributed by atoms with Crippen LogP contribution < -0.4 is 10.5 Å². The first-order chi connectivity index (χ1) is 8.29. The first-order valence-electron chi connectivity index (χ1n) is 6.08. The normalized spacial score (nSPS) is 16.3. The third-order valence-electron chi connectivity index (χ3n) is 3.05. The molecule has 2 rings (SSSR count). The van der Waals surface area contributed by atoms with E-state index in [0.717, 1.165) is 23.7 Å². The molecular formula is C13H20N2OS. The smallest absolute Gasteiger partial charge is 0.134 e. The summed E-state index contributed by atoms with van der Waals surface area (Å²) in [5.74, 6) is 2.00. The second-order valence-electron chi connectivity index (χ2n) is 4.31. The number of rotatable bonds is 5. The van der Waals surface area contributed by atoms with Crippen LogP contribution in [0.25, 0.3) is 0 Å². The van der Waals surface area contributed by atoms with Crippen molar-refractivity contribution in [3.63, 3.8) is 0 Å². The molecule has 1 aromatic carbocycles. The van der Waals surface area contributed by atoms with E-state index in [-0.39, 0.29) is 0 Å². The predicted molar refractivity (Wildman–Crippen MR) is 73.8 cm³/mol. The molecule has 1 saturated heterocycles. The van der Waals surface area contributed by atoms with Crippen molar-refractivity contribution in [2.75, 3.05) is 38.2 Å². The Morgan fingerprint density at radius 2 is 2.12 bits per heavy atom. The summed E-state index contributed by atoms with van der Waals surface area (Å²) in [5.41, 5.74) is 6.49. The van der Waals surface area contributed by atoms with E-state index in [1.807, 2.05) is 30.0 Å². The van der Waals surface area contributed by atoms with E-state index < -0.39 is 0 Å². The Balaban J connectivity index is 1.85. The Morgan fingerprint density at radius 1 is 1.35 bits per heavy atom. The van der Waals surface area contributed by atoms with E-state index in [1.54, 1.807) is 7.11 Å². The molecule has 0 aromatic heterocycles. The zero-order chi connectivity index (χ0) is 12.1. The minimum Gasteiger partial charge on any atom is -0.496 e. The fraction of sp³-hybridized carbons (Fsp3) is 0.538. The van der Waals surface area contributed by atoms with Crippen LogP contribution in [0, 0.1) is 0 Å². The number of benzene rings is 1. The van der Waals surface area contributed by atoms with Gasteiger partial charge in [-0.25, -0.2) is 0 Å². The highest BCUT2D eigenvalue weighted by atomic mass is 32.2. The molecule has 0 saturated carbocycles. The Morgan fingerprint density at radius 3 is 2.82 bits per heavy atom. The van der Waals surface area contributed by atoms with Crippen molar-refractivity contribution in [2.24, 2.45) is 0 Å². The quantitative estimate of drug-likeness (QED) is 0.645. The minimum absolute atomic E-state index is 0.755. The number of thioether (sulfide) groups is 1. The second-order valence-corrected chi connectivity index (χ2v) is 5.44. The molecule has 0 unspecified atom stereocenters. The van der Waals surface area contributed by atoms with E-state index in [4.69, 9.17) is 10.5 Å². The van der Waals surface area contributed by atoms with Crippen LogP contribution in [0.5, 0.6) is 5.75 Å². The van der Waals surface area contributed by atoms with Gasteiger partial charge in [0.1, 0.15) is 5.75 Å². The van der Waals surface area contributed by atoms with Gasteiger partial charge in [0.2, 0.25) is 0 Å². The van der Waals surface area contributed by atoms with E-state index >= 15 is 0 Å². The third kappa shape index (κ3) is 3.54. The largest absolute Gasteiger partial charge is 0.496 e. The van der Waals surface area contributed by atoms with Gasteiger partial charge in [0.25, 0.3) is 0 Å². The fourth-order valence-corrected chi connectivity index (χ4v) is 3.11. The van der Waals surface area contributed by atoms with Gasteiger partial charge in [0, 0.05) is 28.9 Å². The third-order valence-corrected chi connectivity index (χ3v) is 4.09. The molecule has 0 bridgehead atoms. The Kier molecular flexibility index (Phi) is 4.57. The summed E-state index contributed by atoms with van der Waals surface area (Å²) in [6.45, 7) is 3.69. The predicted octanol–water partition coefficient (Wildman–Crippen LogP) is 2.47. The van der Waals surface area contributed by atoms with Crippen LogP contribution in [0.4, 0.5) is 5.69 Å². The van der Waals surface area contributed by atoms with Gasteiger partial charge in [-0.1, -0.05) is 0 Å². The van der Waals surface area contributed by atoms with Crippen molar-refractivity contribution in [1.82, 2.24) is 4.90 Å². The van der Waals surface area contributed by atoms with Gasteiger partial charge in [0.05, 0.1) is 7.11 Å². The van der Waals surface area contributed by atoms with Gasteiger partial charge >= 0.3 is 0 Å². The number of nitrogens with two attached hydrogens (primary N) is 1. The van der Waals surface area contributed by atoms with E-state index in [2.05, 4.69) is 4.90 Å². The van der Waals surface area contributed by atoms with Crippen molar-refractivity contribution >= 4 is 17.4 Å². The molecule has 17 heavy (non-hydrogen) atoms. The van der Waals surface area contributed by atoms with Crippen LogP contribution in [0.15, 0.2) is 23.1 Å². The topological polar surface area (TPSA) is 38.5 Å². The maximum atomic E-state index is 5.73. The Hall–Kier alpha value is -0.870. The van der Waals surface area contributed by atoms with Crippen LogP contribution in [0.3, 0.4) is 0 Å². The zero-order valence-electron chi connectivity index (χ0n) is 10.3. The molecule has 1 fully saturated rings. The van der Waals surface area contributed by atoms with Crippen molar-refractivity contribution in [1.29, 1.82) is 0 Å². The van der Waals surface area contributed by atoms with Crippen molar-refractivity contribution < 1.29 is 4.74 Å². The molecule has 1 aromatic rings. The Labute approximate surface area is 107 Å². The lowest BCUT2D eigenvalue weighted by molar-refractivity contribution is 0.362. The van der Waals surface area contributed by atoms with Crippen molar-refractivity contribution in [2.45, 2.75) is 17.7 Å². The van der Waals surface area contributed by atoms with Crippen LogP contribution in [0.2, 0.25) is 0 Å². The SMILES string of the molecule is COc1cc(N)ccc1SCCN1CCCC1. The zero-order valence-corrected chi connectivity index (χ0v) is 11.1. The molecule has 0 aliphatic carbocycles. The van der Waals surface area contributed by atoms with Crippen LogP contribution in [-0.2, 0) is 0 Å². The standard InChI is InChI=1S/C13H20N2OS/c1-16-12-10-11(14)4-5-13(12)17-9-8-15-6-2-3-7-15/h4-5,10H,2-3,6-9,14H2,1H3. The van der Waals surface area contributed by atoms with Crippen LogP contribution in [0.1, 0.15) is 12.8 Å². The number of anilines is 1. The maximum Gasteiger partial charge on any atom is 0.134 e. The summed E-state index contributed by atoms with van der Waals surface area (Å²) in [5, 5.41) is 0. The number of ether oxygens (including phenoxy) is 1. The molecule has 1 heterocycles. The highest BCUT2D eigenvalue weighted by Crippen LogP contribution is 2.31. The number of nitrogen functional groups attached to an aromatic ring is 1. The van der Waals surface area contributed by atoms with Gasteiger partial charge in [-0.15, -0.1) is 11.8 Å². The molecular weight excluding hydrogens is 232 g/mol. The van der Waals surface area contributed by atoms with Gasteiger partial charge < -0.3 is 15.4 Å². The molecule has 2 N–H and O–H groups in total. The highest BCUT2D eigenvalue weighted by molar-refractivity contribution is 7.99. The van der Waals surface area contributed by atoms with E-state index in [1.165, 1.54) is 30.8 Å². The van der Waals surface area contributed by atoms with Gasteiger partial charge in [0.15, 0.2) is 0 Å². The molecule has 0 amide bonds. The molecule has 0 radical (unpaired) electrons. The summed E-state index contributed by atoms with van der Waals surface area (Å²) >= 11 is 1.84. The summed E-state index contributed by atoms with van der Waals surface area (Å²) in [7, 11) is 1.69. The van der Waals surface area contributed by atoms with E-state index in [9.17, 15) is 0 Å². The fourth-order valence-electron chi connectivity index (χ4n) is 2.09. The Bertz CT molecular complexity index is 364. The minimum atomic E-state index is 0.755. The van der Waals surface area contributed by atoms with Crippen LogP contribution in [-0.4, -0.2) is 37.4 Å². The number of nitrogens with zero attached hydrogens (tertiary/aromatic N) is 1. The average Bonchev–Trinajstić information content (AvgIpc) is 2.84. The number of hydrogen-bond donors (Lipinski definition) is 1. The lowest BCUT2D eigenvalue weighted by Crippen LogP contribution is -2.21. The van der Waals surface area contributed by atoms with Crippen molar-refractivity contribution in [3.05, 3.63) is 18.2 Å². The summed E-state index contributed by atoms with van der Waals surface area (Å²) in [6.07, 6.45) is 2.71. The molecule has 1 aliphatic rings. The average molecular weight is 252 g/mol. The summed E-state index contributed by atoms with van der Waals surface area (Å²) in [4.78, 5) is 3.71. The lowest BCUT2D eigenvalue weighted by atomic mass is 10.3. The number of methoxy groups -OCH3 is 1. The van der Waals surface area contributed by atoms with E-state index in [0.29, 0.717) is 0 Å². The van der Waals surface area contributed by atoms with Crippen LogP contribution >= 0.6 is 11.8 Å². The van der Waals surface area contributed by atoms with Gasteiger partial charge in [-0.2, -0.15) is 0 Å². The molecule has 1 aliphatic heterocycles. The summed E-state index contributed by atoms with van der Waals surface area (Å²) < 4.78 is 5.33. The second kappa shape index (κ2) is 6.17. The highest BCUT2D eigenvalue weighted by Gasteiger charge is 2.11. The monoisotopic (exact) mass is 252 g/mol. The molecule has 4 heteroatoms. The van der Waals surface area contributed by atoms with Gasteiger partial charge in [-0.05, 0) is 38.1 Å².